The van der Waals surface area contributed by atoms with Gasteiger partial charge in [-0.3, -0.25) is 4.79 Å². The monoisotopic (exact) mass is 204 g/mol. The fourth-order valence-electron chi connectivity index (χ4n) is 1.68. The summed E-state index contributed by atoms with van der Waals surface area (Å²) in [5.74, 6) is 0.184. The fraction of sp³-hybridized carbons (Fsp3) is 0.182. The number of phenols is 1. The molecule has 2 rings (SSSR count). The van der Waals surface area contributed by atoms with E-state index in [2.05, 4.69) is 0 Å². The first-order chi connectivity index (χ1) is 7.13. The van der Waals surface area contributed by atoms with Gasteiger partial charge in [0.15, 0.2) is 0 Å². The first kappa shape index (κ1) is 9.73. The van der Waals surface area contributed by atoms with Crippen LogP contribution >= 0.6 is 0 Å². The molecule has 0 saturated heterocycles. The average molecular weight is 204 g/mol. The van der Waals surface area contributed by atoms with Crippen LogP contribution in [0.3, 0.4) is 0 Å². The standard InChI is InChI=1S/C11H12N2O2/c1-13-10-3-2-9(14)5-7(10)4-8(6-12)11(13)15/h2-5,14H,6,12H2,1H3. The van der Waals surface area contributed by atoms with Crippen molar-refractivity contribution in [2.45, 2.75) is 6.54 Å². The lowest BCUT2D eigenvalue weighted by atomic mass is 10.1. The minimum atomic E-state index is -0.0873. The molecule has 0 aliphatic rings. The van der Waals surface area contributed by atoms with Crippen molar-refractivity contribution in [1.29, 1.82) is 0 Å². The van der Waals surface area contributed by atoms with E-state index >= 15 is 0 Å². The Hall–Kier alpha value is -1.81. The Morgan fingerprint density at radius 2 is 2.13 bits per heavy atom. The fourth-order valence-corrected chi connectivity index (χ4v) is 1.68. The number of phenolic OH excluding ortho intramolecular Hbond substituents is 1. The summed E-state index contributed by atoms with van der Waals surface area (Å²) in [6.07, 6.45) is 0. The molecule has 1 heterocycles. The van der Waals surface area contributed by atoms with E-state index in [1.807, 2.05) is 0 Å². The van der Waals surface area contributed by atoms with Gasteiger partial charge in [0.2, 0.25) is 0 Å². The minimum Gasteiger partial charge on any atom is -0.508 e. The Labute approximate surface area is 86.6 Å². The minimum absolute atomic E-state index is 0.0873. The molecular formula is C11H12N2O2. The highest BCUT2D eigenvalue weighted by molar-refractivity contribution is 5.81. The van der Waals surface area contributed by atoms with E-state index in [-0.39, 0.29) is 17.9 Å². The number of rotatable bonds is 1. The Balaban J connectivity index is 2.91. The lowest BCUT2D eigenvalue weighted by Gasteiger charge is -2.07. The summed E-state index contributed by atoms with van der Waals surface area (Å²) in [5.41, 5.74) is 6.72. The number of aromatic nitrogens is 1. The molecule has 3 N–H and O–H groups in total. The zero-order valence-corrected chi connectivity index (χ0v) is 8.40. The molecule has 15 heavy (non-hydrogen) atoms. The third-order valence-electron chi connectivity index (χ3n) is 2.50. The Bertz CT molecular complexity index is 573. The van der Waals surface area contributed by atoms with Gasteiger partial charge in [-0.25, -0.2) is 0 Å². The molecule has 0 saturated carbocycles. The largest absolute Gasteiger partial charge is 0.508 e. The van der Waals surface area contributed by atoms with Crippen molar-refractivity contribution in [2.24, 2.45) is 12.8 Å². The van der Waals surface area contributed by atoms with Crippen LogP contribution in [0.5, 0.6) is 5.75 Å². The second kappa shape index (κ2) is 3.40. The molecule has 0 bridgehead atoms. The maximum Gasteiger partial charge on any atom is 0.255 e. The van der Waals surface area contributed by atoms with Crippen molar-refractivity contribution in [1.82, 2.24) is 4.57 Å². The van der Waals surface area contributed by atoms with Gasteiger partial charge in [-0.1, -0.05) is 0 Å². The third kappa shape index (κ3) is 1.49. The van der Waals surface area contributed by atoms with Crippen LogP contribution in [0, 0.1) is 0 Å². The third-order valence-corrected chi connectivity index (χ3v) is 2.50. The quantitative estimate of drug-likeness (QED) is 0.718. The van der Waals surface area contributed by atoms with Crippen LogP contribution in [0.2, 0.25) is 0 Å². The van der Waals surface area contributed by atoms with Crippen molar-refractivity contribution in [2.75, 3.05) is 0 Å². The lowest BCUT2D eigenvalue weighted by molar-refractivity contribution is 0.476. The SMILES string of the molecule is Cn1c(=O)c(CN)cc2cc(O)ccc21. The molecule has 0 unspecified atom stereocenters. The maximum absolute atomic E-state index is 11.7. The predicted octanol–water partition coefficient (Wildman–Crippen LogP) is 0.703. The van der Waals surface area contributed by atoms with E-state index in [1.54, 1.807) is 31.3 Å². The van der Waals surface area contributed by atoms with Gasteiger partial charge in [-0.15, -0.1) is 0 Å². The molecule has 0 radical (unpaired) electrons. The van der Waals surface area contributed by atoms with Crippen LogP contribution < -0.4 is 11.3 Å². The highest BCUT2D eigenvalue weighted by atomic mass is 16.3. The van der Waals surface area contributed by atoms with Gasteiger partial charge >= 0.3 is 0 Å². The maximum atomic E-state index is 11.7. The second-order valence-corrected chi connectivity index (χ2v) is 3.48. The summed E-state index contributed by atoms with van der Waals surface area (Å²) < 4.78 is 1.54. The van der Waals surface area contributed by atoms with E-state index < -0.39 is 0 Å². The first-order valence-electron chi connectivity index (χ1n) is 4.65. The predicted molar refractivity (Wildman–Crippen MR) is 58.7 cm³/mol. The summed E-state index contributed by atoms with van der Waals surface area (Å²) in [5, 5.41) is 10.2. The molecule has 0 atom stereocenters. The second-order valence-electron chi connectivity index (χ2n) is 3.48. The van der Waals surface area contributed by atoms with E-state index in [9.17, 15) is 9.90 Å². The molecule has 4 heteroatoms. The van der Waals surface area contributed by atoms with Crippen molar-refractivity contribution >= 4 is 10.9 Å². The normalized spacial score (nSPS) is 10.8. The Morgan fingerprint density at radius 3 is 2.80 bits per heavy atom. The van der Waals surface area contributed by atoms with Crippen LogP contribution in [0.25, 0.3) is 10.9 Å². The summed E-state index contributed by atoms with van der Waals surface area (Å²) in [4.78, 5) is 11.7. The zero-order valence-electron chi connectivity index (χ0n) is 8.40. The van der Waals surface area contributed by atoms with E-state index in [0.29, 0.717) is 5.56 Å². The Morgan fingerprint density at radius 1 is 1.40 bits per heavy atom. The summed E-state index contributed by atoms with van der Waals surface area (Å²) in [6.45, 7) is 0.207. The number of nitrogens with two attached hydrogens (primary N) is 1. The van der Waals surface area contributed by atoms with Crippen molar-refractivity contribution < 1.29 is 5.11 Å². The number of hydrogen-bond acceptors (Lipinski definition) is 3. The summed E-state index contributed by atoms with van der Waals surface area (Å²) in [6, 6.07) is 6.61. The van der Waals surface area contributed by atoms with Gasteiger partial charge in [-0.2, -0.15) is 0 Å². The highest BCUT2D eigenvalue weighted by Crippen LogP contribution is 2.18. The van der Waals surface area contributed by atoms with Gasteiger partial charge in [0.25, 0.3) is 5.56 Å². The molecule has 0 fully saturated rings. The van der Waals surface area contributed by atoms with Gasteiger partial charge in [-0.05, 0) is 24.3 Å². The number of hydrogen-bond donors (Lipinski definition) is 2. The highest BCUT2D eigenvalue weighted by Gasteiger charge is 2.05. The number of aromatic hydroxyl groups is 1. The van der Waals surface area contributed by atoms with Gasteiger partial charge in [0.1, 0.15) is 5.75 Å². The molecule has 0 amide bonds. The van der Waals surface area contributed by atoms with Crippen LogP contribution in [0.1, 0.15) is 5.56 Å². The van der Waals surface area contributed by atoms with E-state index in [0.717, 1.165) is 10.9 Å². The van der Waals surface area contributed by atoms with Gasteiger partial charge in [0, 0.05) is 24.5 Å². The number of aryl methyl sites for hydroxylation is 1. The van der Waals surface area contributed by atoms with E-state index in [1.165, 1.54) is 4.57 Å². The number of fused-ring (bicyclic) bond motifs is 1. The molecule has 0 aliphatic heterocycles. The molecule has 2 aromatic rings. The average Bonchev–Trinajstić information content (AvgIpc) is 2.23. The first-order valence-corrected chi connectivity index (χ1v) is 4.65. The van der Waals surface area contributed by atoms with Crippen molar-refractivity contribution in [3.05, 3.63) is 40.2 Å². The smallest absolute Gasteiger partial charge is 0.255 e. The number of nitrogens with zero attached hydrogens (tertiary/aromatic N) is 1. The zero-order chi connectivity index (χ0) is 11.0. The lowest BCUT2D eigenvalue weighted by Crippen LogP contribution is -2.23. The molecule has 1 aromatic carbocycles. The number of benzene rings is 1. The molecular weight excluding hydrogens is 192 g/mol. The molecule has 0 spiro atoms. The van der Waals surface area contributed by atoms with Crippen LogP contribution in [-0.4, -0.2) is 9.67 Å². The van der Waals surface area contributed by atoms with Crippen LogP contribution in [0.4, 0.5) is 0 Å². The number of pyridine rings is 1. The Kier molecular flexibility index (Phi) is 2.21. The molecule has 0 aliphatic carbocycles. The van der Waals surface area contributed by atoms with Gasteiger partial charge in [0.05, 0.1) is 5.52 Å². The summed E-state index contributed by atoms with van der Waals surface area (Å²) >= 11 is 0. The van der Waals surface area contributed by atoms with Crippen LogP contribution in [0.15, 0.2) is 29.1 Å². The van der Waals surface area contributed by atoms with Crippen molar-refractivity contribution in [3.8, 4) is 5.75 Å². The molecule has 4 nitrogen and oxygen atoms in total. The van der Waals surface area contributed by atoms with Crippen LogP contribution in [-0.2, 0) is 13.6 Å². The van der Waals surface area contributed by atoms with Gasteiger partial charge < -0.3 is 15.4 Å². The topological polar surface area (TPSA) is 68.2 Å². The van der Waals surface area contributed by atoms with E-state index in [4.69, 9.17) is 5.73 Å². The van der Waals surface area contributed by atoms with Crippen molar-refractivity contribution in [3.63, 3.8) is 0 Å². The molecule has 1 aromatic heterocycles. The summed E-state index contributed by atoms with van der Waals surface area (Å²) in [7, 11) is 1.70. The molecule has 78 valence electrons.